The molecule has 0 heterocycles. The van der Waals surface area contributed by atoms with Gasteiger partial charge in [0.05, 0.1) is 6.54 Å². The van der Waals surface area contributed by atoms with Gasteiger partial charge in [0, 0.05) is 13.1 Å². The minimum absolute atomic E-state index is 0.168. The molecular formula is C24H45NO2. The number of aliphatic carboxylic acids is 1. The Hall–Kier alpha value is -1.09. The van der Waals surface area contributed by atoms with E-state index < -0.39 is 5.97 Å². The topological polar surface area (TPSA) is 40.5 Å². The second-order valence-corrected chi connectivity index (χ2v) is 8.18. The second kappa shape index (κ2) is 18.3. The van der Waals surface area contributed by atoms with Crippen LogP contribution in [-0.2, 0) is 4.79 Å². The Morgan fingerprint density at radius 3 is 1.59 bits per heavy atom. The Balaban J connectivity index is 4.15. The maximum atomic E-state index is 11.2. The Bertz CT molecular complexity index is 373. The van der Waals surface area contributed by atoms with Crippen LogP contribution in [0.15, 0.2) is 24.3 Å². The SMILES string of the molecule is CCC/C=C/CCCC(C)CN(CC(=O)O)CC(C)CCC/C=C/CCC. The molecule has 27 heavy (non-hydrogen) atoms. The molecule has 0 amide bonds. The van der Waals surface area contributed by atoms with Gasteiger partial charge in [0.15, 0.2) is 0 Å². The van der Waals surface area contributed by atoms with Crippen molar-refractivity contribution in [3.05, 3.63) is 24.3 Å². The van der Waals surface area contributed by atoms with Crippen LogP contribution in [0.3, 0.4) is 0 Å². The van der Waals surface area contributed by atoms with Crippen molar-refractivity contribution in [1.82, 2.24) is 4.90 Å². The normalized spacial score (nSPS) is 14.4. The molecule has 0 bridgehead atoms. The number of carboxylic acid groups (broad SMARTS) is 1. The zero-order valence-corrected chi connectivity index (χ0v) is 18.5. The van der Waals surface area contributed by atoms with Gasteiger partial charge < -0.3 is 5.11 Å². The number of nitrogens with zero attached hydrogens (tertiary/aromatic N) is 1. The van der Waals surface area contributed by atoms with E-state index >= 15 is 0 Å². The van der Waals surface area contributed by atoms with Crippen molar-refractivity contribution in [2.75, 3.05) is 19.6 Å². The maximum Gasteiger partial charge on any atom is 0.317 e. The predicted molar refractivity (Wildman–Crippen MR) is 118 cm³/mol. The highest BCUT2D eigenvalue weighted by molar-refractivity contribution is 5.69. The van der Waals surface area contributed by atoms with Gasteiger partial charge in [0.25, 0.3) is 0 Å². The van der Waals surface area contributed by atoms with Crippen LogP contribution >= 0.6 is 0 Å². The van der Waals surface area contributed by atoms with Crippen LogP contribution in [0.5, 0.6) is 0 Å². The third-order valence-electron chi connectivity index (χ3n) is 4.88. The summed E-state index contributed by atoms with van der Waals surface area (Å²) < 4.78 is 0. The summed E-state index contributed by atoms with van der Waals surface area (Å²) in [5, 5.41) is 9.24. The average molecular weight is 380 g/mol. The summed E-state index contributed by atoms with van der Waals surface area (Å²) in [5.41, 5.74) is 0. The van der Waals surface area contributed by atoms with E-state index in [1.165, 1.54) is 51.4 Å². The Morgan fingerprint density at radius 2 is 1.22 bits per heavy atom. The van der Waals surface area contributed by atoms with E-state index in [0.29, 0.717) is 11.8 Å². The van der Waals surface area contributed by atoms with Gasteiger partial charge in [-0.3, -0.25) is 9.69 Å². The zero-order valence-electron chi connectivity index (χ0n) is 18.5. The highest BCUT2D eigenvalue weighted by atomic mass is 16.4. The van der Waals surface area contributed by atoms with Gasteiger partial charge >= 0.3 is 5.97 Å². The number of carboxylic acids is 1. The van der Waals surface area contributed by atoms with E-state index in [4.69, 9.17) is 0 Å². The minimum atomic E-state index is -0.709. The molecule has 0 radical (unpaired) electrons. The van der Waals surface area contributed by atoms with E-state index in [9.17, 15) is 9.90 Å². The Morgan fingerprint density at radius 1 is 0.815 bits per heavy atom. The molecule has 0 fully saturated rings. The van der Waals surface area contributed by atoms with Crippen LogP contribution in [0.1, 0.15) is 91.9 Å². The number of unbranched alkanes of at least 4 members (excludes halogenated alkanes) is 4. The van der Waals surface area contributed by atoms with Crippen molar-refractivity contribution >= 4 is 5.97 Å². The molecule has 158 valence electrons. The van der Waals surface area contributed by atoms with Crippen molar-refractivity contribution in [2.45, 2.75) is 91.9 Å². The number of hydrogen-bond donors (Lipinski definition) is 1. The summed E-state index contributed by atoms with van der Waals surface area (Å²) in [6, 6.07) is 0. The summed E-state index contributed by atoms with van der Waals surface area (Å²) in [5.74, 6) is 0.389. The first kappa shape index (κ1) is 25.9. The van der Waals surface area contributed by atoms with Crippen LogP contribution < -0.4 is 0 Å². The average Bonchev–Trinajstić information content (AvgIpc) is 2.60. The molecule has 0 aromatic rings. The van der Waals surface area contributed by atoms with Crippen molar-refractivity contribution in [3.63, 3.8) is 0 Å². The number of hydrogen-bond acceptors (Lipinski definition) is 2. The van der Waals surface area contributed by atoms with Gasteiger partial charge in [-0.2, -0.15) is 0 Å². The molecule has 0 aliphatic rings. The van der Waals surface area contributed by atoms with Gasteiger partial charge in [-0.1, -0.05) is 64.8 Å². The van der Waals surface area contributed by atoms with Gasteiger partial charge in [-0.15, -0.1) is 0 Å². The van der Waals surface area contributed by atoms with Gasteiger partial charge in [0.2, 0.25) is 0 Å². The fourth-order valence-corrected chi connectivity index (χ4v) is 3.43. The summed E-state index contributed by atoms with van der Waals surface area (Å²) >= 11 is 0. The molecule has 2 unspecified atom stereocenters. The molecule has 0 aromatic carbocycles. The van der Waals surface area contributed by atoms with Crippen LogP contribution in [0, 0.1) is 11.8 Å². The highest BCUT2D eigenvalue weighted by Gasteiger charge is 2.16. The Labute approximate surface area is 168 Å². The quantitative estimate of drug-likeness (QED) is 0.213. The summed E-state index contributed by atoms with van der Waals surface area (Å²) in [6.45, 7) is 10.9. The van der Waals surface area contributed by atoms with Gasteiger partial charge in [-0.05, 0) is 63.2 Å². The molecule has 2 atom stereocenters. The Kier molecular flexibility index (Phi) is 17.5. The highest BCUT2D eigenvalue weighted by Crippen LogP contribution is 2.15. The first-order chi connectivity index (χ1) is 13.0. The molecule has 1 N–H and O–H groups in total. The summed E-state index contributed by atoms with van der Waals surface area (Å²) in [7, 11) is 0. The fourth-order valence-electron chi connectivity index (χ4n) is 3.43. The molecule has 0 rings (SSSR count). The first-order valence-electron chi connectivity index (χ1n) is 11.2. The maximum absolute atomic E-state index is 11.2. The lowest BCUT2D eigenvalue weighted by atomic mass is 10.00. The molecule has 0 saturated carbocycles. The molecule has 0 aliphatic carbocycles. The third-order valence-corrected chi connectivity index (χ3v) is 4.88. The lowest BCUT2D eigenvalue weighted by Gasteiger charge is -2.27. The fraction of sp³-hybridized carbons (Fsp3) is 0.792. The lowest BCUT2D eigenvalue weighted by Crippen LogP contribution is -2.36. The van der Waals surface area contributed by atoms with E-state index in [1.807, 2.05) is 0 Å². The summed E-state index contributed by atoms with van der Waals surface area (Å²) in [6.07, 6.45) is 20.9. The summed E-state index contributed by atoms with van der Waals surface area (Å²) in [4.78, 5) is 13.4. The predicted octanol–water partition coefficient (Wildman–Crippen LogP) is 6.70. The molecule has 0 aromatic heterocycles. The number of carbonyl (C=O) groups is 1. The molecule has 3 heteroatoms. The zero-order chi connectivity index (χ0) is 20.3. The van der Waals surface area contributed by atoms with E-state index in [2.05, 4.69) is 56.9 Å². The third kappa shape index (κ3) is 18.1. The molecule has 3 nitrogen and oxygen atoms in total. The minimum Gasteiger partial charge on any atom is -0.480 e. The molecule has 0 spiro atoms. The van der Waals surface area contributed by atoms with Gasteiger partial charge in [-0.25, -0.2) is 0 Å². The van der Waals surface area contributed by atoms with E-state index in [-0.39, 0.29) is 6.54 Å². The van der Waals surface area contributed by atoms with E-state index in [1.54, 1.807) is 0 Å². The van der Waals surface area contributed by atoms with Crippen molar-refractivity contribution < 1.29 is 9.90 Å². The molecular weight excluding hydrogens is 334 g/mol. The van der Waals surface area contributed by atoms with Crippen LogP contribution in [0.2, 0.25) is 0 Å². The lowest BCUT2D eigenvalue weighted by molar-refractivity contribution is -0.138. The van der Waals surface area contributed by atoms with E-state index in [0.717, 1.165) is 25.9 Å². The van der Waals surface area contributed by atoms with Crippen molar-refractivity contribution in [1.29, 1.82) is 0 Å². The molecule has 0 aliphatic heterocycles. The smallest absolute Gasteiger partial charge is 0.317 e. The number of allylic oxidation sites excluding steroid dienone is 4. The van der Waals surface area contributed by atoms with Crippen LogP contribution in [0.25, 0.3) is 0 Å². The molecule has 0 saturated heterocycles. The standard InChI is InChI=1S/C24H45NO2/c1-5-7-9-11-13-15-17-22(3)19-25(21-24(26)27)20-23(4)18-16-14-12-10-8-6-2/h9-12,22-23H,5-8,13-21H2,1-4H3,(H,26,27)/b11-9+,12-10+. The second-order valence-electron chi connectivity index (χ2n) is 8.18. The number of rotatable bonds is 18. The van der Waals surface area contributed by atoms with Gasteiger partial charge in [0.1, 0.15) is 0 Å². The first-order valence-corrected chi connectivity index (χ1v) is 11.2. The monoisotopic (exact) mass is 379 g/mol. The van der Waals surface area contributed by atoms with Crippen molar-refractivity contribution in [3.8, 4) is 0 Å². The largest absolute Gasteiger partial charge is 0.480 e. The van der Waals surface area contributed by atoms with Crippen LogP contribution in [-0.4, -0.2) is 35.6 Å². The van der Waals surface area contributed by atoms with Crippen LogP contribution in [0.4, 0.5) is 0 Å². The van der Waals surface area contributed by atoms with Crippen molar-refractivity contribution in [2.24, 2.45) is 11.8 Å².